The van der Waals surface area contributed by atoms with Crippen LogP contribution in [0.25, 0.3) is 0 Å². The van der Waals surface area contributed by atoms with Gasteiger partial charge in [0.2, 0.25) is 0 Å². The van der Waals surface area contributed by atoms with Gasteiger partial charge in [-0.15, -0.1) is 0 Å². The highest BCUT2D eigenvalue weighted by molar-refractivity contribution is 6.03. The number of Topliss-reactive ketones (excluding diaryl/α,β-unsaturated/α-hetero) is 1. The SMILES string of the molecule is COc1cc2c(cc1OC)C(=O)[C@@H](Cc1cc[n+](Cc3ccccc3)cc1)C2. The summed E-state index contributed by atoms with van der Waals surface area (Å²) in [5.41, 5.74) is 4.25. The topological polar surface area (TPSA) is 39.4 Å². The fourth-order valence-corrected chi connectivity index (χ4v) is 3.87. The maximum atomic E-state index is 12.9. The molecule has 0 radical (unpaired) electrons. The number of pyridine rings is 1. The molecule has 1 aromatic heterocycles. The van der Waals surface area contributed by atoms with Crippen molar-refractivity contribution in [3.05, 3.63) is 89.2 Å². The number of carbonyl (C=O) groups is 1. The van der Waals surface area contributed by atoms with Crippen LogP contribution >= 0.6 is 0 Å². The first-order valence-electron chi connectivity index (χ1n) is 9.49. The molecule has 0 bridgehead atoms. The molecule has 3 aromatic rings. The second-order valence-electron chi connectivity index (χ2n) is 7.20. The van der Waals surface area contributed by atoms with Crippen LogP contribution in [-0.2, 0) is 19.4 Å². The average Bonchev–Trinajstić information content (AvgIpc) is 3.03. The predicted molar refractivity (Wildman–Crippen MR) is 107 cm³/mol. The maximum Gasteiger partial charge on any atom is 0.173 e. The Hall–Kier alpha value is -3.14. The lowest BCUT2D eigenvalue weighted by molar-refractivity contribution is -0.688. The number of rotatable bonds is 6. The van der Waals surface area contributed by atoms with E-state index >= 15 is 0 Å². The fourth-order valence-electron chi connectivity index (χ4n) is 3.87. The molecule has 0 saturated heterocycles. The summed E-state index contributed by atoms with van der Waals surface area (Å²) in [4.78, 5) is 12.9. The van der Waals surface area contributed by atoms with Crippen LogP contribution in [0.5, 0.6) is 11.5 Å². The summed E-state index contributed by atoms with van der Waals surface area (Å²) in [5, 5.41) is 0. The summed E-state index contributed by atoms with van der Waals surface area (Å²) in [5.74, 6) is 1.45. The molecule has 0 amide bonds. The first kappa shape index (κ1) is 18.2. The molecule has 4 rings (SSSR count). The smallest absolute Gasteiger partial charge is 0.173 e. The molecule has 0 fully saturated rings. The Balaban J connectivity index is 1.46. The van der Waals surface area contributed by atoms with Crippen LogP contribution in [0, 0.1) is 5.92 Å². The number of methoxy groups -OCH3 is 2. The van der Waals surface area contributed by atoms with Gasteiger partial charge in [-0.2, -0.15) is 0 Å². The minimum Gasteiger partial charge on any atom is -0.493 e. The van der Waals surface area contributed by atoms with Gasteiger partial charge in [0.15, 0.2) is 36.2 Å². The van der Waals surface area contributed by atoms with Gasteiger partial charge >= 0.3 is 0 Å². The van der Waals surface area contributed by atoms with Crippen LogP contribution in [0.1, 0.15) is 27.0 Å². The van der Waals surface area contributed by atoms with E-state index in [1.807, 2.05) is 18.2 Å². The van der Waals surface area contributed by atoms with Crippen molar-refractivity contribution in [2.75, 3.05) is 14.2 Å². The molecular weight excluding hydrogens is 350 g/mol. The molecule has 4 nitrogen and oxygen atoms in total. The minimum absolute atomic E-state index is 0.0308. The summed E-state index contributed by atoms with van der Waals surface area (Å²) in [7, 11) is 3.21. The maximum absolute atomic E-state index is 12.9. The number of hydrogen-bond acceptors (Lipinski definition) is 3. The van der Waals surface area contributed by atoms with Crippen LogP contribution in [0.15, 0.2) is 67.0 Å². The largest absolute Gasteiger partial charge is 0.493 e. The van der Waals surface area contributed by atoms with Crippen LogP contribution in [0.4, 0.5) is 0 Å². The van der Waals surface area contributed by atoms with E-state index in [9.17, 15) is 4.79 Å². The van der Waals surface area contributed by atoms with Crippen molar-refractivity contribution in [2.24, 2.45) is 5.92 Å². The van der Waals surface area contributed by atoms with Gasteiger partial charge in [0.25, 0.3) is 0 Å². The zero-order chi connectivity index (χ0) is 19.5. The van der Waals surface area contributed by atoms with Crippen LogP contribution < -0.4 is 14.0 Å². The molecule has 142 valence electrons. The standard InChI is InChI=1S/C24H24NO3/c1-27-22-14-19-13-20(24(26)21(19)15-23(22)28-2)12-17-8-10-25(11-9-17)16-18-6-4-3-5-7-18/h3-11,14-15,20H,12-13,16H2,1-2H3/q+1/t20-/m0/s1. The number of benzene rings is 2. The van der Waals surface area contributed by atoms with Gasteiger partial charge in [0, 0.05) is 29.2 Å². The van der Waals surface area contributed by atoms with Gasteiger partial charge in [-0.25, -0.2) is 4.57 Å². The lowest BCUT2D eigenvalue weighted by Gasteiger charge is -2.09. The van der Waals surface area contributed by atoms with Crippen molar-refractivity contribution < 1.29 is 18.8 Å². The number of aromatic nitrogens is 1. The van der Waals surface area contributed by atoms with Crippen molar-refractivity contribution >= 4 is 5.78 Å². The number of hydrogen-bond donors (Lipinski definition) is 0. The van der Waals surface area contributed by atoms with Crippen molar-refractivity contribution in [3.63, 3.8) is 0 Å². The van der Waals surface area contributed by atoms with E-state index < -0.39 is 0 Å². The Labute approximate surface area is 165 Å². The monoisotopic (exact) mass is 374 g/mol. The molecule has 0 N–H and O–H groups in total. The van der Waals surface area contributed by atoms with E-state index in [0.717, 1.165) is 30.5 Å². The molecule has 2 aromatic carbocycles. The van der Waals surface area contributed by atoms with E-state index in [1.54, 1.807) is 14.2 Å². The molecule has 4 heteroatoms. The highest BCUT2D eigenvalue weighted by Crippen LogP contribution is 2.37. The third-order valence-electron chi connectivity index (χ3n) is 5.36. The van der Waals surface area contributed by atoms with E-state index in [0.29, 0.717) is 11.5 Å². The van der Waals surface area contributed by atoms with E-state index in [-0.39, 0.29) is 11.7 Å². The predicted octanol–water partition coefficient (Wildman–Crippen LogP) is 3.64. The molecule has 0 aliphatic heterocycles. The van der Waals surface area contributed by atoms with E-state index in [2.05, 4.69) is 53.4 Å². The molecular formula is C24H24NO3+. The molecule has 1 aliphatic carbocycles. The molecule has 1 atom stereocenters. The highest BCUT2D eigenvalue weighted by atomic mass is 16.5. The Morgan fingerprint density at radius 2 is 1.61 bits per heavy atom. The zero-order valence-electron chi connectivity index (χ0n) is 16.2. The fraction of sp³-hybridized carbons (Fsp3) is 0.250. The summed E-state index contributed by atoms with van der Waals surface area (Å²) in [6.45, 7) is 0.842. The number of carbonyl (C=O) groups excluding carboxylic acids is 1. The summed E-state index contributed by atoms with van der Waals surface area (Å²) in [6.07, 6.45) is 5.65. The first-order chi connectivity index (χ1) is 13.7. The lowest BCUT2D eigenvalue weighted by atomic mass is 9.96. The summed E-state index contributed by atoms with van der Waals surface area (Å²) >= 11 is 0. The Kier molecular flexibility index (Phi) is 5.11. The number of nitrogens with zero attached hydrogens (tertiary/aromatic N) is 1. The van der Waals surface area contributed by atoms with Crippen molar-refractivity contribution in [1.29, 1.82) is 0 Å². The Morgan fingerprint density at radius 1 is 0.929 bits per heavy atom. The molecule has 0 unspecified atom stereocenters. The Morgan fingerprint density at radius 3 is 2.29 bits per heavy atom. The van der Waals surface area contributed by atoms with Crippen molar-refractivity contribution in [1.82, 2.24) is 0 Å². The second kappa shape index (κ2) is 7.85. The van der Waals surface area contributed by atoms with Crippen molar-refractivity contribution in [3.8, 4) is 11.5 Å². The molecule has 1 aliphatic rings. The van der Waals surface area contributed by atoms with Crippen molar-refractivity contribution in [2.45, 2.75) is 19.4 Å². The van der Waals surface area contributed by atoms with Gasteiger partial charge in [0.05, 0.1) is 14.2 Å². The minimum atomic E-state index is -0.0308. The summed E-state index contributed by atoms with van der Waals surface area (Å²) in [6, 6.07) is 18.4. The van der Waals surface area contributed by atoms with E-state index in [1.165, 1.54) is 11.1 Å². The summed E-state index contributed by atoms with van der Waals surface area (Å²) < 4.78 is 12.9. The molecule has 1 heterocycles. The van der Waals surface area contributed by atoms with Crippen LogP contribution in [0.3, 0.4) is 0 Å². The normalized spacial score (nSPS) is 15.4. The van der Waals surface area contributed by atoms with E-state index in [4.69, 9.17) is 9.47 Å². The molecule has 0 spiro atoms. The van der Waals surface area contributed by atoms with Gasteiger partial charge in [-0.3, -0.25) is 4.79 Å². The highest BCUT2D eigenvalue weighted by Gasteiger charge is 2.32. The number of ketones is 1. The Bertz CT molecular complexity index is 981. The molecule has 28 heavy (non-hydrogen) atoms. The average molecular weight is 374 g/mol. The first-order valence-corrected chi connectivity index (χ1v) is 9.49. The number of ether oxygens (including phenoxy) is 2. The van der Waals surface area contributed by atoms with Crippen LogP contribution in [0.2, 0.25) is 0 Å². The third-order valence-corrected chi connectivity index (χ3v) is 5.36. The molecule has 0 saturated carbocycles. The quantitative estimate of drug-likeness (QED) is 0.619. The van der Waals surface area contributed by atoms with Gasteiger partial charge in [-0.1, -0.05) is 30.3 Å². The lowest BCUT2D eigenvalue weighted by Crippen LogP contribution is -2.33. The van der Waals surface area contributed by atoms with Gasteiger partial charge in [-0.05, 0) is 36.1 Å². The second-order valence-corrected chi connectivity index (χ2v) is 7.20. The van der Waals surface area contributed by atoms with Crippen LogP contribution in [-0.4, -0.2) is 20.0 Å². The number of fused-ring (bicyclic) bond motifs is 1. The third kappa shape index (κ3) is 3.63. The van der Waals surface area contributed by atoms with Gasteiger partial charge in [0.1, 0.15) is 0 Å². The zero-order valence-corrected chi connectivity index (χ0v) is 16.2. The van der Waals surface area contributed by atoms with Gasteiger partial charge < -0.3 is 9.47 Å².